The van der Waals surface area contributed by atoms with Crippen LogP contribution in [0.1, 0.15) is 34.6 Å². The maximum absolute atomic E-state index is 12.5. The van der Waals surface area contributed by atoms with Gasteiger partial charge in [0.15, 0.2) is 0 Å². The van der Waals surface area contributed by atoms with E-state index in [4.69, 9.17) is 0 Å². The van der Waals surface area contributed by atoms with Gasteiger partial charge in [-0.05, 0) is 0 Å². The first-order valence-electron chi connectivity index (χ1n) is 4.54. The monoisotopic (exact) mass is 220 g/mol. The van der Waals surface area contributed by atoms with Gasteiger partial charge in [0, 0.05) is 0 Å². The number of rotatable bonds is 3. The van der Waals surface area contributed by atoms with Gasteiger partial charge >= 0.3 is 81.4 Å². The second kappa shape index (κ2) is 5.20. The minimum absolute atomic E-state index is 0.136. The van der Waals surface area contributed by atoms with Gasteiger partial charge in [0.05, 0.1) is 0 Å². The van der Waals surface area contributed by atoms with E-state index in [1.165, 1.54) is 0 Å². The van der Waals surface area contributed by atoms with Crippen molar-refractivity contribution >= 4 is 15.1 Å². The third kappa shape index (κ3) is 2.84. The molecule has 0 rings (SSSR count). The van der Waals surface area contributed by atoms with E-state index in [1.807, 2.05) is 34.6 Å². The van der Waals surface area contributed by atoms with Crippen molar-refractivity contribution in [3.05, 3.63) is 0 Å². The zero-order valence-electron chi connectivity index (χ0n) is 8.94. The number of hydrogen-bond acceptors (Lipinski definition) is 2. The van der Waals surface area contributed by atoms with Gasteiger partial charge in [-0.25, -0.2) is 0 Å². The summed E-state index contributed by atoms with van der Waals surface area (Å²) in [5.41, 5.74) is 2.80. The molecule has 0 aliphatic heterocycles. The molecular formula is C9H18O2P2. The minimum atomic E-state index is -2.29. The molecule has 0 radical (unpaired) electrons. The Morgan fingerprint density at radius 3 is 1.69 bits per heavy atom. The Labute approximate surface area is 82.0 Å². The van der Waals surface area contributed by atoms with E-state index in [0.29, 0.717) is 0 Å². The average molecular weight is 220 g/mol. The molecule has 1 unspecified atom stereocenters. The van der Waals surface area contributed by atoms with E-state index in [9.17, 15) is 9.13 Å². The normalized spacial score (nSPS) is 14.4. The SMILES string of the molecule is CC(C)P(=O)(C(C)C)C(C)C#P=O. The quantitative estimate of drug-likeness (QED) is 0.678. The van der Waals surface area contributed by atoms with Gasteiger partial charge in [0.25, 0.3) is 0 Å². The zero-order valence-corrected chi connectivity index (χ0v) is 10.7. The van der Waals surface area contributed by atoms with Gasteiger partial charge in [0.1, 0.15) is 0 Å². The molecule has 0 amide bonds. The van der Waals surface area contributed by atoms with Crippen LogP contribution in [0.2, 0.25) is 0 Å². The Kier molecular flexibility index (Phi) is 5.30. The molecule has 0 aromatic rings. The zero-order chi connectivity index (χ0) is 10.6. The van der Waals surface area contributed by atoms with Crippen molar-refractivity contribution in [1.29, 1.82) is 0 Å². The predicted molar refractivity (Wildman–Crippen MR) is 58.8 cm³/mol. The Morgan fingerprint density at radius 2 is 1.46 bits per heavy atom. The second-order valence-electron chi connectivity index (χ2n) is 3.85. The fourth-order valence-electron chi connectivity index (χ4n) is 1.66. The van der Waals surface area contributed by atoms with E-state index >= 15 is 0 Å². The molecule has 0 fully saturated rings. The van der Waals surface area contributed by atoms with Crippen molar-refractivity contribution < 1.29 is 9.13 Å². The molecule has 0 bridgehead atoms. The molecule has 0 aliphatic rings. The maximum atomic E-state index is 12.5. The number of hydrogen-bond donors (Lipinski definition) is 0. The second-order valence-corrected chi connectivity index (χ2v) is 8.66. The van der Waals surface area contributed by atoms with E-state index in [1.54, 1.807) is 0 Å². The molecule has 0 heterocycles. The molecule has 76 valence electrons. The van der Waals surface area contributed by atoms with Crippen molar-refractivity contribution in [2.45, 2.75) is 51.6 Å². The van der Waals surface area contributed by atoms with Crippen LogP contribution < -0.4 is 0 Å². The van der Waals surface area contributed by atoms with E-state index in [2.05, 4.69) is 5.63 Å². The summed E-state index contributed by atoms with van der Waals surface area (Å²) in [4.78, 5) is 0. The van der Waals surface area contributed by atoms with Crippen LogP contribution in [0.5, 0.6) is 0 Å². The van der Waals surface area contributed by atoms with Crippen LogP contribution in [0.4, 0.5) is 0 Å². The van der Waals surface area contributed by atoms with Gasteiger partial charge in [0.2, 0.25) is 0 Å². The van der Waals surface area contributed by atoms with Crippen molar-refractivity contribution in [1.82, 2.24) is 0 Å². The Hall–Kier alpha value is 0.240. The van der Waals surface area contributed by atoms with Crippen molar-refractivity contribution in [3.63, 3.8) is 0 Å². The Balaban J connectivity index is 5.10. The van der Waals surface area contributed by atoms with Crippen molar-refractivity contribution in [3.8, 4) is 5.63 Å². The molecule has 0 saturated carbocycles. The van der Waals surface area contributed by atoms with Gasteiger partial charge in [-0.2, -0.15) is 0 Å². The summed E-state index contributed by atoms with van der Waals surface area (Å²) in [6.45, 7) is 9.67. The predicted octanol–water partition coefficient (Wildman–Crippen LogP) is 3.81. The fraction of sp³-hybridized carbons (Fsp3) is 0.889. The topological polar surface area (TPSA) is 34.1 Å². The average Bonchev–Trinajstić information content (AvgIpc) is 2.02. The van der Waals surface area contributed by atoms with Crippen LogP contribution in [0.3, 0.4) is 0 Å². The van der Waals surface area contributed by atoms with Gasteiger partial charge < -0.3 is 0 Å². The fourth-order valence-corrected chi connectivity index (χ4v) is 5.65. The molecule has 0 aromatic heterocycles. The summed E-state index contributed by atoms with van der Waals surface area (Å²) in [5.74, 6) is 0. The summed E-state index contributed by atoms with van der Waals surface area (Å²) < 4.78 is 22.9. The van der Waals surface area contributed by atoms with Crippen LogP contribution in [-0.4, -0.2) is 17.0 Å². The molecule has 0 saturated heterocycles. The molecule has 13 heavy (non-hydrogen) atoms. The van der Waals surface area contributed by atoms with Gasteiger partial charge in [-0.3, -0.25) is 0 Å². The van der Waals surface area contributed by atoms with Gasteiger partial charge in [-0.1, -0.05) is 0 Å². The standard InChI is InChI=1S/C9H18O2P2/c1-7(2)13(11,8(3)4)9(5)6-12-10/h7-9H,1-5H3. The van der Waals surface area contributed by atoms with Crippen LogP contribution >= 0.6 is 15.1 Å². The molecule has 4 heteroatoms. The van der Waals surface area contributed by atoms with E-state index in [0.717, 1.165) is 0 Å². The summed E-state index contributed by atoms with van der Waals surface area (Å²) in [6, 6.07) is 0. The van der Waals surface area contributed by atoms with Gasteiger partial charge in [-0.15, -0.1) is 0 Å². The first-order valence-corrected chi connectivity index (χ1v) is 7.27. The molecule has 1 atom stereocenters. The molecular weight excluding hydrogens is 202 g/mol. The third-order valence-electron chi connectivity index (χ3n) is 2.46. The van der Waals surface area contributed by atoms with Crippen LogP contribution in [0, 0.1) is 5.63 Å². The molecule has 2 nitrogen and oxygen atoms in total. The molecule has 0 aromatic carbocycles. The summed E-state index contributed by atoms with van der Waals surface area (Å²) in [5, 5.41) is 0. The summed E-state index contributed by atoms with van der Waals surface area (Å²) >= 11 is 0. The molecule has 0 aliphatic carbocycles. The summed E-state index contributed by atoms with van der Waals surface area (Å²) in [6.07, 6.45) is 0. The molecule has 0 spiro atoms. The first kappa shape index (κ1) is 13.2. The van der Waals surface area contributed by atoms with Crippen LogP contribution in [0.25, 0.3) is 0 Å². The Bertz CT molecular complexity index is 289. The van der Waals surface area contributed by atoms with Crippen LogP contribution in [-0.2, 0) is 9.13 Å². The van der Waals surface area contributed by atoms with Crippen molar-refractivity contribution in [2.24, 2.45) is 0 Å². The summed E-state index contributed by atoms with van der Waals surface area (Å²) in [7, 11) is -2.43. The van der Waals surface area contributed by atoms with E-state index in [-0.39, 0.29) is 24.9 Å². The first-order chi connectivity index (χ1) is 5.87. The van der Waals surface area contributed by atoms with E-state index < -0.39 is 7.14 Å². The van der Waals surface area contributed by atoms with Crippen molar-refractivity contribution in [2.75, 3.05) is 0 Å². The Morgan fingerprint density at radius 1 is 1.08 bits per heavy atom. The third-order valence-corrected chi connectivity index (χ3v) is 7.72. The van der Waals surface area contributed by atoms with Crippen LogP contribution in [0.15, 0.2) is 0 Å². The molecule has 0 N–H and O–H groups in total.